The molecule has 2 amide bonds. The summed E-state index contributed by atoms with van der Waals surface area (Å²) >= 11 is 0. The molecule has 1 fully saturated rings. The van der Waals surface area contributed by atoms with Crippen molar-refractivity contribution in [3.05, 3.63) is 120 Å². The maximum Gasteiger partial charge on any atom is 0.339 e. The summed E-state index contributed by atoms with van der Waals surface area (Å²) in [6.07, 6.45) is 0. The highest BCUT2D eigenvalue weighted by Gasteiger charge is 2.28. The Morgan fingerprint density at radius 1 is 0.761 bits per heavy atom. The summed E-state index contributed by atoms with van der Waals surface area (Å²) in [6, 6.07) is 34.0. The number of amides is 2. The molecule has 0 bridgehead atoms. The number of esters is 1. The number of benzene rings is 4. The molecule has 1 aliphatic rings. The van der Waals surface area contributed by atoms with E-state index in [1.165, 1.54) is 18.2 Å². The Bertz CT molecular complexity index is 1580. The Morgan fingerprint density at radius 3 is 1.91 bits per heavy atom. The van der Waals surface area contributed by atoms with E-state index in [0.29, 0.717) is 31.9 Å². The molecule has 1 saturated heterocycles. The minimum absolute atomic E-state index is 0.104. The number of ether oxygens (including phenoxy) is 2. The van der Waals surface area contributed by atoms with Gasteiger partial charge < -0.3 is 24.6 Å². The number of anilines is 2. The van der Waals surface area contributed by atoms with Crippen molar-refractivity contribution in [2.24, 2.45) is 0 Å². The fourth-order valence-corrected chi connectivity index (χ4v) is 5.69. The lowest BCUT2D eigenvalue weighted by molar-refractivity contribution is -0.139. The monoisotopic (exact) mass is 620 g/mol. The van der Waals surface area contributed by atoms with Crippen LogP contribution in [-0.4, -0.2) is 88.2 Å². The molecule has 0 spiro atoms. The minimum Gasteiger partial charge on any atom is -0.465 e. The topological polar surface area (TPSA) is 91.4 Å². The van der Waals surface area contributed by atoms with Crippen LogP contribution in [-0.2, 0) is 19.1 Å². The molecular weight excluding hydrogens is 580 g/mol. The minimum atomic E-state index is -0.570. The summed E-state index contributed by atoms with van der Waals surface area (Å²) in [6.45, 7) is 2.03. The summed E-state index contributed by atoms with van der Waals surface area (Å²) in [5.74, 6) is -1.21. The van der Waals surface area contributed by atoms with Crippen molar-refractivity contribution >= 4 is 29.2 Å². The lowest BCUT2D eigenvalue weighted by atomic mass is 9.96. The second kappa shape index (κ2) is 15.3. The van der Waals surface area contributed by atoms with Crippen LogP contribution in [0.15, 0.2) is 103 Å². The summed E-state index contributed by atoms with van der Waals surface area (Å²) in [4.78, 5) is 44.5. The number of hydrogen-bond acceptors (Lipinski definition) is 7. The first-order valence-corrected chi connectivity index (χ1v) is 15.3. The van der Waals surface area contributed by atoms with Gasteiger partial charge >= 0.3 is 5.97 Å². The average Bonchev–Trinajstić information content (AvgIpc) is 3.09. The van der Waals surface area contributed by atoms with Gasteiger partial charge in [0.25, 0.3) is 0 Å². The molecule has 4 aromatic carbocycles. The molecule has 0 radical (unpaired) electrons. The summed E-state index contributed by atoms with van der Waals surface area (Å²) in [7, 11) is 5.23. The van der Waals surface area contributed by atoms with E-state index in [2.05, 4.69) is 58.7 Å². The van der Waals surface area contributed by atoms with Crippen molar-refractivity contribution in [3.63, 3.8) is 0 Å². The molecule has 1 heterocycles. The maximum atomic E-state index is 13.0. The summed E-state index contributed by atoms with van der Waals surface area (Å²) in [5.41, 5.74) is 5.75. The van der Waals surface area contributed by atoms with Gasteiger partial charge in [-0.15, -0.1) is 0 Å². The number of hydrogen-bond donors (Lipinski definition) is 1. The average molecular weight is 621 g/mol. The smallest absolute Gasteiger partial charge is 0.339 e. The normalized spacial score (nSPS) is 13.3. The fourth-order valence-electron chi connectivity index (χ4n) is 5.69. The Morgan fingerprint density at radius 2 is 1.35 bits per heavy atom. The van der Waals surface area contributed by atoms with Crippen LogP contribution >= 0.6 is 0 Å². The van der Waals surface area contributed by atoms with Crippen LogP contribution in [0.4, 0.5) is 11.4 Å². The Labute approximate surface area is 270 Å². The van der Waals surface area contributed by atoms with Gasteiger partial charge in [0.2, 0.25) is 11.8 Å². The number of nitrogens with zero attached hydrogens (tertiary/aromatic N) is 3. The van der Waals surface area contributed by atoms with E-state index in [9.17, 15) is 14.4 Å². The standard InChI is InChI=1S/C37H40N4O5/c1-39(2)31-17-14-27(15-18-31)30-16-19-33(32(24-30)37(44)45-3)38-34(42)25-46-26-35(43)40-20-22-41(23-21-40)36(28-10-6-4-7-11-28)29-12-8-5-9-13-29/h4-19,24,36H,20-23,25-26H2,1-3H3,(H,38,42). The molecule has 0 atom stereocenters. The van der Waals surface area contributed by atoms with Gasteiger partial charge in [0, 0.05) is 46.0 Å². The predicted molar refractivity (Wildman–Crippen MR) is 180 cm³/mol. The number of carbonyl (C=O) groups excluding carboxylic acids is 3. The number of methoxy groups -OCH3 is 1. The second-order valence-electron chi connectivity index (χ2n) is 11.4. The number of rotatable bonds is 11. The van der Waals surface area contributed by atoms with Crippen molar-refractivity contribution < 1.29 is 23.9 Å². The molecule has 9 nitrogen and oxygen atoms in total. The highest BCUT2D eigenvalue weighted by molar-refractivity contribution is 6.02. The van der Waals surface area contributed by atoms with Gasteiger partial charge in [0.05, 0.1) is 24.4 Å². The third-order valence-corrected chi connectivity index (χ3v) is 8.14. The van der Waals surface area contributed by atoms with Crippen LogP contribution in [0.3, 0.4) is 0 Å². The quantitative estimate of drug-likeness (QED) is 0.234. The molecule has 0 saturated carbocycles. The van der Waals surface area contributed by atoms with Crippen LogP contribution in [0.1, 0.15) is 27.5 Å². The molecule has 9 heteroatoms. The number of piperazine rings is 1. The molecule has 238 valence electrons. The van der Waals surface area contributed by atoms with Crippen LogP contribution in [0.25, 0.3) is 11.1 Å². The van der Waals surface area contributed by atoms with Crippen molar-refractivity contribution in [3.8, 4) is 11.1 Å². The zero-order valence-electron chi connectivity index (χ0n) is 26.5. The third-order valence-electron chi connectivity index (χ3n) is 8.14. The van der Waals surface area contributed by atoms with Gasteiger partial charge in [-0.2, -0.15) is 0 Å². The zero-order chi connectivity index (χ0) is 32.5. The van der Waals surface area contributed by atoms with E-state index >= 15 is 0 Å². The molecule has 4 aromatic rings. The first-order chi connectivity index (χ1) is 22.3. The Kier molecular flexibility index (Phi) is 10.8. The van der Waals surface area contributed by atoms with Gasteiger partial charge in [-0.25, -0.2) is 4.79 Å². The van der Waals surface area contributed by atoms with Crippen molar-refractivity contribution in [2.45, 2.75) is 6.04 Å². The van der Waals surface area contributed by atoms with Crippen LogP contribution in [0.5, 0.6) is 0 Å². The first-order valence-electron chi connectivity index (χ1n) is 15.3. The van der Waals surface area contributed by atoms with Crippen molar-refractivity contribution in [1.82, 2.24) is 9.80 Å². The Balaban J connectivity index is 1.14. The molecule has 0 aliphatic carbocycles. The van der Waals surface area contributed by atoms with E-state index in [0.717, 1.165) is 16.8 Å². The van der Waals surface area contributed by atoms with Gasteiger partial charge in [-0.3, -0.25) is 14.5 Å². The lowest BCUT2D eigenvalue weighted by Gasteiger charge is -2.39. The molecule has 1 aliphatic heterocycles. The van der Waals surface area contributed by atoms with Gasteiger partial charge in [0.1, 0.15) is 13.2 Å². The zero-order valence-corrected chi connectivity index (χ0v) is 26.5. The van der Waals surface area contributed by atoms with E-state index in [1.807, 2.05) is 61.5 Å². The second-order valence-corrected chi connectivity index (χ2v) is 11.4. The predicted octanol–water partition coefficient (Wildman–Crippen LogP) is 5.10. The van der Waals surface area contributed by atoms with E-state index in [4.69, 9.17) is 9.47 Å². The first kappa shape index (κ1) is 32.4. The van der Waals surface area contributed by atoms with Crippen molar-refractivity contribution in [2.75, 3.05) is 70.8 Å². The molecule has 0 aromatic heterocycles. The fraction of sp³-hybridized carbons (Fsp3) is 0.270. The molecular formula is C37H40N4O5. The highest BCUT2D eigenvalue weighted by Crippen LogP contribution is 2.30. The van der Waals surface area contributed by atoms with Crippen LogP contribution < -0.4 is 10.2 Å². The molecule has 1 N–H and O–H groups in total. The number of carbonyl (C=O) groups is 3. The van der Waals surface area contributed by atoms with Gasteiger partial charge in [-0.1, -0.05) is 78.9 Å². The molecule has 46 heavy (non-hydrogen) atoms. The molecule has 0 unspecified atom stereocenters. The lowest BCUT2D eigenvalue weighted by Crippen LogP contribution is -2.50. The summed E-state index contributed by atoms with van der Waals surface area (Å²) in [5, 5.41) is 2.73. The molecule has 5 rings (SSSR count). The van der Waals surface area contributed by atoms with Crippen molar-refractivity contribution in [1.29, 1.82) is 0 Å². The third kappa shape index (κ3) is 7.99. The Hall–Kier alpha value is -4.99. The van der Waals surface area contributed by atoms with Crippen LogP contribution in [0, 0.1) is 0 Å². The maximum absolute atomic E-state index is 13.0. The summed E-state index contributed by atoms with van der Waals surface area (Å²) < 4.78 is 10.5. The highest BCUT2D eigenvalue weighted by atomic mass is 16.5. The van der Waals surface area contributed by atoms with E-state index in [-0.39, 0.29) is 30.7 Å². The van der Waals surface area contributed by atoms with E-state index < -0.39 is 11.9 Å². The van der Waals surface area contributed by atoms with E-state index in [1.54, 1.807) is 17.0 Å². The SMILES string of the molecule is COC(=O)c1cc(-c2ccc(N(C)C)cc2)ccc1NC(=O)COCC(=O)N1CCN(C(c2ccccc2)c2ccccc2)CC1. The van der Waals surface area contributed by atoms with Gasteiger partial charge in [-0.05, 0) is 46.5 Å². The number of nitrogens with one attached hydrogen (secondary N) is 1. The van der Waals surface area contributed by atoms with Crippen LogP contribution in [0.2, 0.25) is 0 Å². The largest absolute Gasteiger partial charge is 0.465 e. The van der Waals surface area contributed by atoms with Gasteiger partial charge in [0.15, 0.2) is 0 Å².